The van der Waals surface area contributed by atoms with E-state index in [9.17, 15) is 86.4 Å². The number of ketones is 1. The van der Waals surface area contributed by atoms with Gasteiger partial charge in [-0.25, -0.2) is 0 Å². The van der Waals surface area contributed by atoms with E-state index in [0.717, 1.165) is 18.2 Å². The van der Waals surface area contributed by atoms with Crippen LogP contribution in [0.3, 0.4) is 0 Å². The number of hydrogen-bond donors (Lipinski definition) is 14. The Morgan fingerprint density at radius 3 is 1.35 bits per heavy atom. The van der Waals surface area contributed by atoms with Gasteiger partial charge in [0.15, 0.2) is 31.5 Å². The number of halogens is 1. The molecule has 2 unspecified atom stereocenters. The molecule has 6 fully saturated rings. The van der Waals surface area contributed by atoms with Crippen LogP contribution in [0, 0.1) is 10.1 Å². The van der Waals surface area contributed by atoms with Crippen LogP contribution in [0.4, 0.5) is 5.69 Å². The molecule has 0 bridgehead atoms. The molecule has 0 aromatic heterocycles. The fourth-order valence-electron chi connectivity index (χ4n) is 8.84. The van der Waals surface area contributed by atoms with Crippen LogP contribution in [0.25, 0.3) is 0 Å². The fourth-order valence-corrected chi connectivity index (χ4v) is 9.06. The Hall–Kier alpha value is -2.62. The van der Waals surface area contributed by atoms with Crippen molar-refractivity contribution in [3.63, 3.8) is 0 Å². The number of carbonyl (C=O) groups is 1. The van der Waals surface area contributed by atoms with Gasteiger partial charge in [-0.2, -0.15) is 0 Å². The number of carbonyl (C=O) groups excluding carboxylic acids is 1. The summed E-state index contributed by atoms with van der Waals surface area (Å²) >= 11 is 6.07. The van der Waals surface area contributed by atoms with E-state index in [2.05, 4.69) is 0 Å². The molecular weight excluding hydrogens is 994 g/mol. The highest BCUT2D eigenvalue weighted by atomic mass is 35.5. The predicted molar refractivity (Wildman–Crippen MR) is 220 cm³/mol. The average molecular weight is 1050 g/mol. The van der Waals surface area contributed by atoms with E-state index in [-0.39, 0.29) is 35.3 Å². The largest absolute Gasteiger partial charge is 0.460 e. The summed E-state index contributed by atoms with van der Waals surface area (Å²) in [5, 5.41) is 163. The molecule has 0 spiro atoms. The molecule has 0 radical (unpaired) electrons. The molecule has 404 valence electrons. The van der Waals surface area contributed by atoms with Gasteiger partial charge in [-0.1, -0.05) is 11.6 Å². The first-order chi connectivity index (χ1) is 33.7. The lowest BCUT2D eigenvalue weighted by Gasteiger charge is -2.50. The predicted octanol–water partition coefficient (Wildman–Crippen LogP) is -7.91. The molecule has 26 atom stereocenters. The van der Waals surface area contributed by atoms with Crippen LogP contribution < -0.4 is 4.74 Å². The third-order valence-electron chi connectivity index (χ3n) is 12.7. The van der Waals surface area contributed by atoms with Gasteiger partial charge in [-0.3, -0.25) is 14.9 Å². The van der Waals surface area contributed by atoms with Crippen molar-refractivity contribution in [1.29, 1.82) is 0 Å². The Balaban J connectivity index is 0.948. The minimum Gasteiger partial charge on any atom is -0.460 e. The van der Waals surface area contributed by atoms with Crippen molar-refractivity contribution in [1.82, 2.24) is 0 Å². The van der Waals surface area contributed by atoms with Gasteiger partial charge in [0.25, 0.3) is 5.69 Å². The number of non-ortho nitro benzene ring substituents is 1. The zero-order chi connectivity index (χ0) is 51.7. The number of aliphatic hydroxyl groups is 14. The van der Waals surface area contributed by atoms with Crippen molar-refractivity contribution < 1.29 is 138 Å². The fraction of sp³-hybridized carbons (Fsp3) is 0.825. The van der Waals surface area contributed by atoms with Crippen molar-refractivity contribution in [2.24, 2.45) is 0 Å². The third kappa shape index (κ3) is 11.9. The normalized spacial score (nSPS) is 46.3. The Labute approximate surface area is 405 Å². The highest BCUT2D eigenvalue weighted by Crippen LogP contribution is 2.38. The van der Waals surface area contributed by atoms with Crippen molar-refractivity contribution >= 4 is 23.1 Å². The zero-order valence-corrected chi connectivity index (χ0v) is 38.0. The molecule has 31 heteroatoms. The number of fused-ring (bicyclic) bond motifs is 1. The topological polar surface area (TPSA) is 454 Å². The Kier molecular flexibility index (Phi) is 18.9. The highest BCUT2D eigenvalue weighted by Gasteiger charge is 2.57. The van der Waals surface area contributed by atoms with Crippen LogP contribution in [-0.4, -0.2) is 275 Å². The molecule has 71 heavy (non-hydrogen) atoms. The second-order valence-electron chi connectivity index (χ2n) is 17.5. The summed E-state index contributed by atoms with van der Waals surface area (Å²) in [6.45, 7) is -2.72. The minimum atomic E-state index is -2.15. The molecule has 6 aliphatic rings. The summed E-state index contributed by atoms with van der Waals surface area (Å²) in [5.41, 5.74) is -0.382. The van der Waals surface area contributed by atoms with Crippen LogP contribution in [-0.2, 0) is 56.9 Å². The van der Waals surface area contributed by atoms with Gasteiger partial charge in [0, 0.05) is 12.1 Å². The summed E-state index contributed by atoms with van der Waals surface area (Å²) < 4.78 is 67.6. The van der Waals surface area contributed by atoms with Gasteiger partial charge in [-0.05, 0) is 13.0 Å². The van der Waals surface area contributed by atoms with Crippen LogP contribution in [0.1, 0.15) is 13.3 Å². The standard InChI is InChI=1S/C40H58ClNO29/c1-11(47)4-20-60-10-19-35(67-20)25(52)30(57)40(66-19)71-34-18(9-46)65-39(29(56)24(34)51)70-33-17(8-45)64-38(28(55)23(33)50)69-32-16(7-44)63-37(27(54)22(32)49)68-31-15(6-43)62-36(26(53)21(31)48)61-14-3-2-12(42(58)59)5-13(14)41/h2-3,5,15-40,43-46,48-57H,4,6-10H2,1H3/t15-,16-,17-,18-,19-,20?,21-,22-,23-,24-,25-,26-,27-,28-,29-,30-,31-,32-,33-,34?,35-,36-,37-,38-,39-,40-/m1/s1. The van der Waals surface area contributed by atoms with E-state index in [1.54, 1.807) is 0 Å². The number of nitro groups is 1. The molecule has 6 aliphatic heterocycles. The van der Waals surface area contributed by atoms with Crippen molar-refractivity contribution in [3.05, 3.63) is 33.3 Å². The SMILES string of the molecule is CC(=O)CC1OC[C@H]2O[C@H](OC3[C@@H](CO)O[C@H](O[C@H]4[C@H](O)[C@@H](O)[C@@H](O[C@H]5[C@H](O)[C@@H](O)[C@@H](O[C@H]6[C@H](O)[C@@H](O)[C@H](Oc7ccc([N+](=O)[O-])cc7Cl)O[C@@H]6CO)O[C@@H]5CO)O[C@@H]4CO)[C@H](O)[C@H]3O)[C@H](O)[C@@H](O)[C@@H]2O1. The number of rotatable bonds is 17. The zero-order valence-electron chi connectivity index (χ0n) is 37.2. The molecule has 1 aromatic rings. The first-order valence-electron chi connectivity index (χ1n) is 22.2. The maximum Gasteiger partial charge on any atom is 0.271 e. The molecule has 0 saturated carbocycles. The van der Waals surface area contributed by atoms with Gasteiger partial charge in [0.1, 0.15) is 134 Å². The Morgan fingerprint density at radius 1 is 0.592 bits per heavy atom. The summed E-state index contributed by atoms with van der Waals surface area (Å²) in [4.78, 5) is 21.9. The number of aliphatic hydroxyl groups excluding tert-OH is 14. The molecule has 1 aromatic carbocycles. The number of Topliss-reactive ketones (excluding diaryl/α,β-unsaturated/α-hetero) is 1. The summed E-state index contributed by atoms with van der Waals surface area (Å²) in [6, 6.07) is 3.10. The lowest BCUT2D eigenvalue weighted by atomic mass is 9.95. The summed E-state index contributed by atoms with van der Waals surface area (Å²) in [5.74, 6) is -0.468. The number of nitrogens with zero attached hydrogens (tertiary/aromatic N) is 1. The lowest BCUT2D eigenvalue weighted by Crippen LogP contribution is -2.68. The second kappa shape index (κ2) is 23.9. The average Bonchev–Trinajstić information content (AvgIpc) is 3.34. The molecule has 6 heterocycles. The summed E-state index contributed by atoms with van der Waals surface area (Å²) in [7, 11) is 0. The molecular formula is C40H58ClNO29. The number of hydrogen-bond acceptors (Lipinski definition) is 29. The highest BCUT2D eigenvalue weighted by molar-refractivity contribution is 6.32. The van der Waals surface area contributed by atoms with E-state index in [1.807, 2.05) is 0 Å². The van der Waals surface area contributed by atoms with E-state index in [0.29, 0.717) is 0 Å². The Morgan fingerprint density at radius 2 is 0.972 bits per heavy atom. The van der Waals surface area contributed by atoms with E-state index in [1.165, 1.54) is 6.92 Å². The Bertz CT molecular complexity index is 1920. The molecule has 7 rings (SSSR count). The number of ether oxygens (including phenoxy) is 12. The quantitative estimate of drug-likeness (QED) is 0.0509. The smallest absolute Gasteiger partial charge is 0.271 e. The number of nitro benzene ring substituents is 1. The molecule has 14 N–H and O–H groups in total. The molecule has 6 saturated heterocycles. The van der Waals surface area contributed by atoms with Crippen molar-refractivity contribution in [3.8, 4) is 5.75 Å². The van der Waals surface area contributed by atoms with E-state index in [4.69, 9.17) is 68.4 Å². The van der Waals surface area contributed by atoms with Crippen LogP contribution in [0.5, 0.6) is 5.75 Å². The molecule has 0 amide bonds. The lowest BCUT2D eigenvalue weighted by molar-refractivity contribution is -0.398. The summed E-state index contributed by atoms with van der Waals surface area (Å²) in [6.07, 6.45) is -46.2. The first-order valence-corrected chi connectivity index (χ1v) is 22.6. The second-order valence-corrected chi connectivity index (χ2v) is 17.9. The molecule has 0 aliphatic carbocycles. The maximum atomic E-state index is 11.5. The van der Waals surface area contributed by atoms with Gasteiger partial charge in [0.05, 0.1) is 49.4 Å². The van der Waals surface area contributed by atoms with E-state index < -0.39 is 191 Å². The van der Waals surface area contributed by atoms with Crippen LogP contribution >= 0.6 is 11.6 Å². The van der Waals surface area contributed by atoms with Gasteiger partial charge >= 0.3 is 0 Å². The third-order valence-corrected chi connectivity index (χ3v) is 13.0. The van der Waals surface area contributed by atoms with E-state index >= 15 is 0 Å². The number of benzene rings is 1. The van der Waals surface area contributed by atoms with Crippen molar-refractivity contribution in [2.45, 2.75) is 173 Å². The maximum absolute atomic E-state index is 11.5. The van der Waals surface area contributed by atoms with Crippen LogP contribution in [0.2, 0.25) is 5.02 Å². The molecule has 30 nitrogen and oxygen atoms in total. The van der Waals surface area contributed by atoms with Gasteiger partial charge in [0.2, 0.25) is 6.29 Å². The minimum absolute atomic E-state index is 0.135. The van der Waals surface area contributed by atoms with Gasteiger partial charge in [-0.15, -0.1) is 0 Å². The first kappa shape index (κ1) is 56.1. The monoisotopic (exact) mass is 1050 g/mol. The van der Waals surface area contributed by atoms with Crippen LogP contribution in [0.15, 0.2) is 18.2 Å². The van der Waals surface area contributed by atoms with Crippen molar-refractivity contribution in [2.75, 3.05) is 33.0 Å². The van der Waals surface area contributed by atoms with Gasteiger partial charge < -0.3 is 128 Å².